The average Bonchev–Trinajstić information content (AvgIpc) is 3.01. The summed E-state index contributed by atoms with van der Waals surface area (Å²) < 4.78 is 1.14. The zero-order chi connectivity index (χ0) is 15.2. The lowest BCUT2D eigenvalue weighted by Gasteiger charge is -2.35. The van der Waals surface area contributed by atoms with E-state index in [1.165, 1.54) is 10.4 Å². The lowest BCUT2D eigenvalue weighted by molar-refractivity contribution is 0.170. The summed E-state index contributed by atoms with van der Waals surface area (Å²) in [6, 6.07) is 13.1. The third-order valence-electron chi connectivity index (χ3n) is 3.84. The molecule has 1 aromatic carbocycles. The maximum absolute atomic E-state index is 6.46. The van der Waals surface area contributed by atoms with Crippen LogP contribution in [0.2, 0.25) is 0 Å². The summed E-state index contributed by atoms with van der Waals surface area (Å²) in [7, 11) is 0. The fourth-order valence-corrected chi connectivity index (χ4v) is 3.89. The van der Waals surface area contributed by atoms with Gasteiger partial charge in [-0.3, -0.25) is 4.90 Å². The Labute approximate surface area is 140 Å². The Hall–Kier alpha value is -0.680. The quantitative estimate of drug-likeness (QED) is 0.761. The highest BCUT2D eigenvalue weighted by Crippen LogP contribution is 2.32. The first kappa shape index (κ1) is 16.7. The van der Waals surface area contributed by atoms with Gasteiger partial charge in [0.1, 0.15) is 0 Å². The van der Waals surface area contributed by atoms with E-state index in [0.717, 1.165) is 24.0 Å². The highest BCUT2D eigenvalue weighted by molar-refractivity contribution is 9.10. The Morgan fingerprint density at radius 3 is 2.52 bits per heavy atom. The third kappa shape index (κ3) is 4.16. The van der Waals surface area contributed by atoms with Crippen LogP contribution >= 0.6 is 27.3 Å². The van der Waals surface area contributed by atoms with Gasteiger partial charge in [-0.1, -0.05) is 54.0 Å². The summed E-state index contributed by atoms with van der Waals surface area (Å²) in [6.07, 6.45) is 0.965. The van der Waals surface area contributed by atoms with Crippen LogP contribution in [0.3, 0.4) is 0 Å². The number of hydrogen-bond donors (Lipinski definition) is 1. The van der Waals surface area contributed by atoms with E-state index in [-0.39, 0.29) is 12.1 Å². The van der Waals surface area contributed by atoms with Crippen LogP contribution in [0.4, 0.5) is 0 Å². The summed E-state index contributed by atoms with van der Waals surface area (Å²) in [6.45, 7) is 6.30. The van der Waals surface area contributed by atoms with Crippen molar-refractivity contribution >= 4 is 27.3 Å². The van der Waals surface area contributed by atoms with E-state index in [9.17, 15) is 0 Å². The number of nitrogens with zero attached hydrogens (tertiary/aromatic N) is 1. The van der Waals surface area contributed by atoms with Crippen LogP contribution in [-0.2, 0) is 6.54 Å². The minimum absolute atomic E-state index is 0.128. The maximum Gasteiger partial charge on any atom is 0.0513 e. The molecule has 0 bridgehead atoms. The normalized spacial score (nSPS) is 14.3. The predicted molar refractivity (Wildman–Crippen MR) is 95.6 cm³/mol. The molecule has 2 unspecified atom stereocenters. The third-order valence-corrected chi connectivity index (χ3v) is 5.42. The minimum atomic E-state index is 0.128. The van der Waals surface area contributed by atoms with Gasteiger partial charge in [0.25, 0.3) is 0 Å². The number of nitrogens with two attached hydrogens (primary N) is 1. The second-order valence-electron chi connectivity index (χ2n) is 5.18. The molecule has 0 aliphatic heterocycles. The van der Waals surface area contributed by atoms with Crippen molar-refractivity contribution in [3.8, 4) is 0 Å². The van der Waals surface area contributed by atoms with Gasteiger partial charge >= 0.3 is 0 Å². The highest BCUT2D eigenvalue weighted by atomic mass is 79.9. The molecule has 0 amide bonds. The smallest absolute Gasteiger partial charge is 0.0513 e. The zero-order valence-corrected chi connectivity index (χ0v) is 15.0. The number of hydrogen-bond acceptors (Lipinski definition) is 3. The molecule has 0 radical (unpaired) electrons. The van der Waals surface area contributed by atoms with Gasteiger partial charge in [0, 0.05) is 21.9 Å². The van der Waals surface area contributed by atoms with E-state index in [1.54, 1.807) is 0 Å². The summed E-state index contributed by atoms with van der Waals surface area (Å²) in [5.41, 5.74) is 7.75. The van der Waals surface area contributed by atoms with Crippen LogP contribution in [-0.4, -0.2) is 17.5 Å². The monoisotopic (exact) mass is 366 g/mol. The number of rotatable bonds is 7. The molecule has 2 atom stereocenters. The van der Waals surface area contributed by atoms with E-state index < -0.39 is 0 Å². The van der Waals surface area contributed by atoms with Crippen LogP contribution in [0.5, 0.6) is 0 Å². The molecule has 2 rings (SSSR count). The first-order chi connectivity index (χ1) is 10.2. The van der Waals surface area contributed by atoms with Crippen LogP contribution in [0, 0.1) is 0 Å². The van der Waals surface area contributed by atoms with E-state index in [4.69, 9.17) is 5.73 Å². The van der Waals surface area contributed by atoms with Gasteiger partial charge in [-0.05, 0) is 36.0 Å². The number of halogens is 1. The molecular formula is C17H23BrN2S. The lowest BCUT2D eigenvalue weighted by Crippen LogP contribution is -2.40. The fraction of sp³-hybridized carbons (Fsp3) is 0.412. The van der Waals surface area contributed by atoms with Gasteiger partial charge < -0.3 is 5.73 Å². The Morgan fingerprint density at radius 1 is 1.19 bits per heavy atom. The number of likely N-dealkylation sites (N-methyl/N-ethyl adjacent to an activating group) is 1. The summed E-state index contributed by atoms with van der Waals surface area (Å²) in [4.78, 5) is 3.86. The molecule has 114 valence electrons. The molecule has 0 aliphatic rings. The summed E-state index contributed by atoms with van der Waals surface area (Å²) >= 11 is 5.50. The van der Waals surface area contributed by atoms with E-state index >= 15 is 0 Å². The second-order valence-corrected chi connectivity index (χ2v) is 7.07. The molecule has 4 heteroatoms. The largest absolute Gasteiger partial charge is 0.326 e. The van der Waals surface area contributed by atoms with Gasteiger partial charge in [-0.2, -0.15) is 0 Å². The van der Waals surface area contributed by atoms with E-state index in [2.05, 4.69) is 76.5 Å². The van der Waals surface area contributed by atoms with Crippen molar-refractivity contribution in [3.63, 3.8) is 0 Å². The lowest BCUT2D eigenvalue weighted by atomic mass is 9.96. The van der Waals surface area contributed by atoms with Crippen LogP contribution in [0.1, 0.15) is 36.8 Å². The Balaban J connectivity index is 2.31. The second kappa shape index (κ2) is 8.08. The molecule has 21 heavy (non-hydrogen) atoms. The van der Waals surface area contributed by atoms with Crippen molar-refractivity contribution in [3.05, 3.63) is 56.7 Å². The van der Waals surface area contributed by atoms with Crippen LogP contribution < -0.4 is 5.73 Å². The molecule has 0 saturated heterocycles. The first-order valence-electron chi connectivity index (χ1n) is 7.43. The van der Waals surface area contributed by atoms with Crippen LogP contribution in [0.25, 0.3) is 0 Å². The van der Waals surface area contributed by atoms with Crippen molar-refractivity contribution in [2.45, 2.75) is 38.9 Å². The van der Waals surface area contributed by atoms with Gasteiger partial charge in [0.2, 0.25) is 0 Å². The van der Waals surface area contributed by atoms with Gasteiger partial charge in [-0.15, -0.1) is 11.3 Å². The molecule has 0 spiro atoms. The highest BCUT2D eigenvalue weighted by Gasteiger charge is 2.26. The maximum atomic E-state index is 6.46. The first-order valence-corrected chi connectivity index (χ1v) is 9.11. The fourth-order valence-electron chi connectivity index (χ4n) is 2.65. The number of benzene rings is 1. The average molecular weight is 367 g/mol. The molecule has 0 aliphatic carbocycles. The van der Waals surface area contributed by atoms with Gasteiger partial charge in [0.05, 0.1) is 6.04 Å². The van der Waals surface area contributed by atoms with E-state index in [0.29, 0.717) is 0 Å². The van der Waals surface area contributed by atoms with E-state index in [1.807, 2.05) is 11.3 Å². The molecule has 2 N–H and O–H groups in total. The van der Waals surface area contributed by atoms with Crippen molar-refractivity contribution in [2.75, 3.05) is 6.54 Å². The topological polar surface area (TPSA) is 29.3 Å². The summed E-state index contributed by atoms with van der Waals surface area (Å²) in [5, 5.41) is 2.14. The molecular weight excluding hydrogens is 344 g/mol. The van der Waals surface area contributed by atoms with Crippen molar-refractivity contribution in [2.24, 2.45) is 5.73 Å². The Bertz CT molecular complexity index is 541. The zero-order valence-electron chi connectivity index (χ0n) is 12.6. The Kier molecular flexibility index (Phi) is 6.42. The molecule has 0 saturated carbocycles. The molecule has 1 aromatic heterocycles. The van der Waals surface area contributed by atoms with Gasteiger partial charge in [-0.25, -0.2) is 0 Å². The molecule has 1 heterocycles. The Morgan fingerprint density at radius 2 is 1.95 bits per heavy atom. The molecule has 2 nitrogen and oxygen atoms in total. The SMILES string of the molecule is CCC(N)C(c1ccccc1Br)N(CC)Cc1cccs1. The minimum Gasteiger partial charge on any atom is -0.326 e. The molecule has 2 aromatic rings. The predicted octanol–water partition coefficient (Wildman–Crippen LogP) is 4.81. The standard InChI is InChI=1S/C17H23BrN2S/c1-3-16(19)17(14-9-5-6-10-15(14)18)20(4-2)12-13-8-7-11-21-13/h5-11,16-17H,3-4,12,19H2,1-2H3. The number of thiophene rings is 1. The van der Waals surface area contributed by atoms with Crippen molar-refractivity contribution in [1.82, 2.24) is 4.90 Å². The van der Waals surface area contributed by atoms with Gasteiger partial charge in [0.15, 0.2) is 0 Å². The van der Waals surface area contributed by atoms with Crippen molar-refractivity contribution in [1.29, 1.82) is 0 Å². The molecule has 0 fully saturated rings. The summed E-state index contributed by atoms with van der Waals surface area (Å²) in [5.74, 6) is 0. The van der Waals surface area contributed by atoms with Crippen LogP contribution in [0.15, 0.2) is 46.3 Å². The van der Waals surface area contributed by atoms with Crippen molar-refractivity contribution < 1.29 is 0 Å².